The van der Waals surface area contributed by atoms with Crippen LogP contribution in [0.2, 0.25) is 0 Å². The number of aromatic nitrogens is 1. The summed E-state index contributed by atoms with van der Waals surface area (Å²) < 4.78 is 0. The van der Waals surface area contributed by atoms with E-state index in [-0.39, 0.29) is 0 Å². The number of pyridine rings is 1. The number of nitrogens with zero attached hydrogens (tertiary/aromatic N) is 1. The van der Waals surface area contributed by atoms with Crippen LogP contribution in [0.3, 0.4) is 0 Å². The molecule has 54 valence electrons. The summed E-state index contributed by atoms with van der Waals surface area (Å²) in [5.41, 5.74) is 17.4. The van der Waals surface area contributed by atoms with E-state index < -0.39 is 0 Å². The van der Waals surface area contributed by atoms with E-state index in [2.05, 4.69) is 4.98 Å². The Morgan fingerprint density at radius 1 is 1.30 bits per heavy atom. The minimum atomic E-state index is 0.350. The minimum Gasteiger partial charge on any atom is -0.396 e. The number of hydrogen-bond donors (Lipinski definition) is 3. The predicted molar refractivity (Wildman–Crippen MR) is 41.0 cm³/mol. The molecular formula is C6H10N4. The van der Waals surface area contributed by atoms with E-state index in [1.54, 1.807) is 12.1 Å². The maximum atomic E-state index is 5.42. The van der Waals surface area contributed by atoms with Gasteiger partial charge < -0.3 is 17.2 Å². The second kappa shape index (κ2) is 2.53. The van der Waals surface area contributed by atoms with Crippen LogP contribution in [0.15, 0.2) is 12.1 Å². The van der Waals surface area contributed by atoms with Crippen LogP contribution in [0.25, 0.3) is 0 Å². The topological polar surface area (TPSA) is 91.0 Å². The molecule has 0 aliphatic heterocycles. The number of nitrogens with two attached hydrogens (primary N) is 3. The Morgan fingerprint density at radius 3 is 2.50 bits per heavy atom. The van der Waals surface area contributed by atoms with Crippen molar-refractivity contribution in [2.75, 3.05) is 11.5 Å². The smallest absolute Gasteiger partial charge is 0.146 e. The van der Waals surface area contributed by atoms with Crippen LogP contribution in [0.5, 0.6) is 0 Å². The number of hydrogen-bond acceptors (Lipinski definition) is 4. The van der Waals surface area contributed by atoms with Crippen molar-refractivity contribution in [3.8, 4) is 0 Å². The molecule has 0 saturated carbocycles. The summed E-state index contributed by atoms with van der Waals surface area (Å²) in [6, 6.07) is 3.45. The van der Waals surface area contributed by atoms with Gasteiger partial charge in [0, 0.05) is 6.54 Å². The highest BCUT2D eigenvalue weighted by atomic mass is 14.9. The first-order chi connectivity index (χ1) is 4.74. The highest BCUT2D eigenvalue weighted by Crippen LogP contribution is 2.10. The van der Waals surface area contributed by atoms with Gasteiger partial charge in [-0.25, -0.2) is 4.98 Å². The van der Waals surface area contributed by atoms with Crippen LogP contribution in [0.1, 0.15) is 5.69 Å². The van der Waals surface area contributed by atoms with E-state index in [1.165, 1.54) is 0 Å². The molecule has 0 aliphatic carbocycles. The Kier molecular flexibility index (Phi) is 1.73. The zero-order valence-corrected chi connectivity index (χ0v) is 5.54. The standard InChI is InChI=1S/C6H10N4/c7-3-4-1-2-5(8)6(9)10-4/h1-2H,3,7-8H2,(H2,9,10). The van der Waals surface area contributed by atoms with Crippen molar-refractivity contribution < 1.29 is 0 Å². The molecule has 6 N–H and O–H groups in total. The third-order valence-electron chi connectivity index (χ3n) is 1.22. The fourth-order valence-corrected chi connectivity index (χ4v) is 0.642. The number of anilines is 2. The van der Waals surface area contributed by atoms with Gasteiger partial charge in [-0.3, -0.25) is 0 Å². The van der Waals surface area contributed by atoms with Gasteiger partial charge in [-0.05, 0) is 12.1 Å². The molecule has 0 fully saturated rings. The maximum Gasteiger partial charge on any atom is 0.146 e. The summed E-state index contributed by atoms with van der Waals surface area (Å²) in [6.07, 6.45) is 0. The van der Waals surface area contributed by atoms with Gasteiger partial charge in [0.05, 0.1) is 11.4 Å². The summed E-state index contributed by atoms with van der Waals surface area (Å²) in [5.74, 6) is 0.350. The summed E-state index contributed by atoms with van der Waals surface area (Å²) in [7, 11) is 0. The fourth-order valence-electron chi connectivity index (χ4n) is 0.642. The van der Waals surface area contributed by atoms with Crippen LogP contribution >= 0.6 is 0 Å². The van der Waals surface area contributed by atoms with E-state index >= 15 is 0 Å². The van der Waals surface area contributed by atoms with E-state index in [9.17, 15) is 0 Å². The Morgan fingerprint density at radius 2 is 2.00 bits per heavy atom. The van der Waals surface area contributed by atoms with Gasteiger partial charge in [-0.15, -0.1) is 0 Å². The first-order valence-corrected chi connectivity index (χ1v) is 2.95. The van der Waals surface area contributed by atoms with Crippen molar-refractivity contribution in [3.63, 3.8) is 0 Å². The van der Waals surface area contributed by atoms with E-state index in [0.717, 1.165) is 5.69 Å². The van der Waals surface area contributed by atoms with Crippen molar-refractivity contribution in [1.82, 2.24) is 4.98 Å². The normalized spacial score (nSPS) is 9.70. The van der Waals surface area contributed by atoms with Crippen molar-refractivity contribution in [2.24, 2.45) is 5.73 Å². The lowest BCUT2D eigenvalue weighted by molar-refractivity contribution is 0.996. The molecule has 1 aromatic heterocycles. The highest BCUT2D eigenvalue weighted by molar-refractivity contribution is 5.57. The molecule has 1 aromatic rings. The van der Waals surface area contributed by atoms with Gasteiger partial charge in [0.1, 0.15) is 5.82 Å². The molecule has 0 saturated heterocycles. The molecule has 10 heavy (non-hydrogen) atoms. The summed E-state index contributed by atoms with van der Waals surface area (Å²) in [4.78, 5) is 3.92. The average Bonchev–Trinajstić information content (AvgIpc) is 1.95. The fraction of sp³-hybridized carbons (Fsp3) is 0.167. The quantitative estimate of drug-likeness (QED) is 0.497. The van der Waals surface area contributed by atoms with Crippen LogP contribution < -0.4 is 17.2 Å². The van der Waals surface area contributed by atoms with Gasteiger partial charge in [0.2, 0.25) is 0 Å². The molecule has 1 rings (SSSR count). The lowest BCUT2D eigenvalue weighted by Gasteiger charge is -1.99. The Balaban J connectivity index is 3.04. The summed E-state index contributed by atoms with van der Waals surface area (Å²) in [6.45, 7) is 0.393. The molecule has 0 unspecified atom stereocenters. The van der Waals surface area contributed by atoms with Crippen molar-refractivity contribution >= 4 is 11.5 Å². The number of nitrogen functional groups attached to an aromatic ring is 2. The molecule has 0 aliphatic rings. The molecule has 4 nitrogen and oxygen atoms in total. The van der Waals surface area contributed by atoms with Crippen molar-refractivity contribution in [1.29, 1.82) is 0 Å². The van der Waals surface area contributed by atoms with E-state index in [4.69, 9.17) is 17.2 Å². The molecule has 0 atom stereocenters. The van der Waals surface area contributed by atoms with E-state index in [1.807, 2.05) is 0 Å². The predicted octanol–water partition coefficient (Wildman–Crippen LogP) is -0.295. The van der Waals surface area contributed by atoms with Crippen LogP contribution in [-0.2, 0) is 6.54 Å². The first kappa shape index (κ1) is 6.82. The molecule has 0 aromatic carbocycles. The molecule has 0 radical (unpaired) electrons. The van der Waals surface area contributed by atoms with Gasteiger partial charge in [0.15, 0.2) is 0 Å². The molecule has 0 amide bonds. The Bertz CT molecular complexity index is 233. The Hall–Kier alpha value is -1.29. The zero-order valence-electron chi connectivity index (χ0n) is 5.54. The van der Waals surface area contributed by atoms with Gasteiger partial charge >= 0.3 is 0 Å². The molecule has 4 heteroatoms. The third-order valence-corrected chi connectivity index (χ3v) is 1.22. The maximum absolute atomic E-state index is 5.42. The lowest BCUT2D eigenvalue weighted by Crippen LogP contribution is -2.04. The molecular weight excluding hydrogens is 128 g/mol. The minimum absolute atomic E-state index is 0.350. The summed E-state index contributed by atoms with van der Waals surface area (Å²) in [5, 5.41) is 0. The SMILES string of the molecule is NCc1ccc(N)c(N)n1. The van der Waals surface area contributed by atoms with Crippen LogP contribution in [0, 0.1) is 0 Å². The van der Waals surface area contributed by atoms with E-state index in [0.29, 0.717) is 18.1 Å². The van der Waals surface area contributed by atoms with Gasteiger partial charge in [-0.1, -0.05) is 0 Å². The van der Waals surface area contributed by atoms with Crippen molar-refractivity contribution in [3.05, 3.63) is 17.8 Å². The first-order valence-electron chi connectivity index (χ1n) is 2.95. The van der Waals surface area contributed by atoms with Gasteiger partial charge in [0.25, 0.3) is 0 Å². The monoisotopic (exact) mass is 138 g/mol. The zero-order chi connectivity index (χ0) is 7.56. The second-order valence-electron chi connectivity index (χ2n) is 1.98. The number of rotatable bonds is 1. The lowest BCUT2D eigenvalue weighted by atomic mass is 10.3. The molecule has 0 spiro atoms. The van der Waals surface area contributed by atoms with Crippen LogP contribution in [-0.4, -0.2) is 4.98 Å². The summed E-state index contributed by atoms with van der Waals surface area (Å²) >= 11 is 0. The highest BCUT2D eigenvalue weighted by Gasteiger charge is 1.95. The van der Waals surface area contributed by atoms with Crippen LogP contribution in [0.4, 0.5) is 11.5 Å². The third kappa shape index (κ3) is 1.16. The van der Waals surface area contributed by atoms with Crippen molar-refractivity contribution in [2.45, 2.75) is 6.54 Å². The largest absolute Gasteiger partial charge is 0.396 e. The van der Waals surface area contributed by atoms with Gasteiger partial charge in [-0.2, -0.15) is 0 Å². The Labute approximate surface area is 59.0 Å². The molecule has 1 heterocycles. The molecule has 0 bridgehead atoms. The average molecular weight is 138 g/mol. The second-order valence-corrected chi connectivity index (χ2v) is 1.98.